The number of esters is 2. The van der Waals surface area contributed by atoms with Crippen LogP contribution in [-0.2, 0) is 19.1 Å². The first-order valence-electron chi connectivity index (χ1n) is 5.57. The standard InChI is InChI=1S/C8H12O3.C5H8O2/c1-6(2)7(9)11-8(10)4-3-5-8;1-4(2)5(6)7-3/h10H,1,3-5H2,2H3;1H2,2-3H3. The molecule has 18 heavy (non-hydrogen) atoms. The van der Waals surface area contributed by atoms with Gasteiger partial charge in [-0.25, -0.2) is 9.59 Å². The van der Waals surface area contributed by atoms with Crippen LogP contribution in [0.25, 0.3) is 0 Å². The van der Waals surface area contributed by atoms with Gasteiger partial charge >= 0.3 is 11.9 Å². The van der Waals surface area contributed by atoms with E-state index < -0.39 is 11.8 Å². The minimum atomic E-state index is -1.18. The van der Waals surface area contributed by atoms with Gasteiger partial charge in [0.15, 0.2) is 0 Å². The predicted octanol–water partition coefficient (Wildman–Crippen LogP) is 1.71. The molecule has 5 heteroatoms. The third kappa shape index (κ3) is 5.63. The molecule has 0 aromatic carbocycles. The van der Waals surface area contributed by atoms with E-state index in [0.717, 1.165) is 6.42 Å². The zero-order valence-corrected chi connectivity index (χ0v) is 11.1. The normalized spacial score (nSPS) is 15.3. The highest BCUT2D eigenvalue weighted by atomic mass is 16.7. The first-order valence-corrected chi connectivity index (χ1v) is 5.57. The predicted molar refractivity (Wildman–Crippen MR) is 66.5 cm³/mol. The molecule has 1 N–H and O–H groups in total. The number of carbonyl (C=O) groups is 2. The van der Waals surface area contributed by atoms with E-state index in [9.17, 15) is 14.7 Å². The van der Waals surface area contributed by atoms with Crippen molar-refractivity contribution in [3.63, 3.8) is 0 Å². The smallest absolute Gasteiger partial charge is 0.335 e. The Kier molecular flexibility index (Phi) is 6.33. The highest BCUT2D eigenvalue weighted by Gasteiger charge is 2.38. The van der Waals surface area contributed by atoms with E-state index in [2.05, 4.69) is 17.9 Å². The summed E-state index contributed by atoms with van der Waals surface area (Å²) < 4.78 is 9.03. The fourth-order valence-electron chi connectivity index (χ4n) is 1.02. The molecule has 1 aliphatic rings. The lowest BCUT2D eigenvalue weighted by Crippen LogP contribution is -2.41. The van der Waals surface area contributed by atoms with Crippen LogP contribution in [0.15, 0.2) is 24.3 Å². The maximum absolute atomic E-state index is 10.9. The molecule has 0 aromatic rings. The fourth-order valence-corrected chi connectivity index (χ4v) is 1.02. The largest absolute Gasteiger partial charge is 0.466 e. The number of hydrogen-bond donors (Lipinski definition) is 1. The maximum Gasteiger partial charge on any atom is 0.335 e. The van der Waals surface area contributed by atoms with Crippen molar-refractivity contribution < 1.29 is 24.2 Å². The second-order valence-electron chi connectivity index (χ2n) is 4.24. The van der Waals surface area contributed by atoms with Gasteiger partial charge in [-0.1, -0.05) is 13.2 Å². The zero-order valence-electron chi connectivity index (χ0n) is 11.1. The quantitative estimate of drug-likeness (QED) is 0.473. The molecule has 0 aromatic heterocycles. The van der Waals surface area contributed by atoms with Crippen molar-refractivity contribution in [1.29, 1.82) is 0 Å². The van der Waals surface area contributed by atoms with Crippen LogP contribution in [0.5, 0.6) is 0 Å². The van der Waals surface area contributed by atoms with Crippen LogP contribution in [0.3, 0.4) is 0 Å². The van der Waals surface area contributed by atoms with Gasteiger partial charge in [-0.05, 0) is 20.3 Å². The van der Waals surface area contributed by atoms with E-state index >= 15 is 0 Å². The SMILES string of the molecule is C=C(C)C(=O)OC.C=C(C)C(=O)OC1(O)CCC1. The molecule has 0 atom stereocenters. The van der Waals surface area contributed by atoms with E-state index in [1.165, 1.54) is 7.11 Å². The first kappa shape index (κ1) is 16.4. The first-order chi connectivity index (χ1) is 8.22. The van der Waals surface area contributed by atoms with Gasteiger partial charge in [-0.2, -0.15) is 0 Å². The van der Waals surface area contributed by atoms with Crippen LogP contribution in [0.2, 0.25) is 0 Å². The van der Waals surface area contributed by atoms with Gasteiger partial charge in [0.05, 0.1) is 7.11 Å². The molecule has 0 unspecified atom stereocenters. The molecule has 0 bridgehead atoms. The second-order valence-corrected chi connectivity index (χ2v) is 4.24. The summed E-state index contributed by atoms with van der Waals surface area (Å²) in [5, 5.41) is 9.35. The molecular weight excluding hydrogens is 236 g/mol. The van der Waals surface area contributed by atoms with Gasteiger partial charge in [0.2, 0.25) is 5.79 Å². The van der Waals surface area contributed by atoms with Crippen LogP contribution in [0, 0.1) is 0 Å². The summed E-state index contributed by atoms with van der Waals surface area (Å²) in [5.41, 5.74) is 0.757. The van der Waals surface area contributed by atoms with Gasteiger partial charge in [-0.15, -0.1) is 0 Å². The lowest BCUT2D eigenvalue weighted by molar-refractivity contribution is -0.236. The van der Waals surface area contributed by atoms with Crippen LogP contribution < -0.4 is 0 Å². The molecule has 1 fully saturated rings. The molecule has 0 radical (unpaired) electrons. The summed E-state index contributed by atoms with van der Waals surface area (Å²) in [6, 6.07) is 0. The minimum absolute atomic E-state index is 0.324. The Labute approximate surface area is 107 Å². The average Bonchev–Trinajstić information content (AvgIpc) is 2.26. The molecule has 0 heterocycles. The number of ether oxygens (including phenoxy) is 2. The molecule has 0 amide bonds. The maximum atomic E-state index is 10.9. The third-order valence-corrected chi connectivity index (χ3v) is 2.30. The van der Waals surface area contributed by atoms with Gasteiger partial charge < -0.3 is 14.6 Å². The number of rotatable bonds is 3. The van der Waals surface area contributed by atoms with E-state index in [-0.39, 0.29) is 5.97 Å². The topological polar surface area (TPSA) is 72.8 Å². The Hall–Kier alpha value is -1.62. The van der Waals surface area contributed by atoms with Crippen LogP contribution >= 0.6 is 0 Å². The highest BCUT2D eigenvalue weighted by molar-refractivity contribution is 5.87. The second kappa shape index (κ2) is 6.96. The molecule has 102 valence electrons. The van der Waals surface area contributed by atoms with Gasteiger partial charge in [0, 0.05) is 24.0 Å². The highest BCUT2D eigenvalue weighted by Crippen LogP contribution is 2.33. The molecule has 5 nitrogen and oxygen atoms in total. The lowest BCUT2D eigenvalue weighted by Gasteiger charge is -2.35. The molecule has 1 aliphatic carbocycles. The van der Waals surface area contributed by atoms with Crippen LogP contribution in [0.4, 0.5) is 0 Å². The van der Waals surface area contributed by atoms with E-state index in [1.807, 2.05) is 0 Å². The van der Waals surface area contributed by atoms with Crippen molar-refractivity contribution in [3.05, 3.63) is 24.3 Å². The van der Waals surface area contributed by atoms with Crippen molar-refractivity contribution in [2.45, 2.75) is 38.9 Å². The summed E-state index contributed by atoms with van der Waals surface area (Å²) in [6.45, 7) is 9.93. The summed E-state index contributed by atoms with van der Waals surface area (Å²) in [4.78, 5) is 21.1. The van der Waals surface area contributed by atoms with Crippen molar-refractivity contribution in [2.75, 3.05) is 7.11 Å². The summed E-state index contributed by atoms with van der Waals surface area (Å²) in [7, 11) is 1.33. The third-order valence-electron chi connectivity index (χ3n) is 2.30. The van der Waals surface area contributed by atoms with Gasteiger partial charge in [0.25, 0.3) is 0 Å². The lowest BCUT2D eigenvalue weighted by atomic mass is 9.91. The monoisotopic (exact) mass is 256 g/mol. The molecule has 0 aliphatic heterocycles. The number of carbonyl (C=O) groups excluding carboxylic acids is 2. The van der Waals surface area contributed by atoms with Crippen molar-refractivity contribution in [3.8, 4) is 0 Å². The number of aliphatic hydroxyl groups is 1. The molecule has 0 saturated heterocycles. The molecular formula is C13H20O5. The summed E-state index contributed by atoms with van der Waals surface area (Å²) in [6.07, 6.45) is 2.01. The molecule has 1 saturated carbocycles. The Morgan fingerprint density at radius 2 is 1.56 bits per heavy atom. The Morgan fingerprint density at radius 1 is 1.11 bits per heavy atom. The Bertz CT molecular complexity index is 352. The van der Waals surface area contributed by atoms with E-state index in [1.54, 1.807) is 13.8 Å². The summed E-state index contributed by atoms with van der Waals surface area (Å²) >= 11 is 0. The summed E-state index contributed by atoms with van der Waals surface area (Å²) in [5.74, 6) is -2.04. The van der Waals surface area contributed by atoms with Crippen molar-refractivity contribution in [2.24, 2.45) is 0 Å². The Morgan fingerprint density at radius 3 is 1.72 bits per heavy atom. The average molecular weight is 256 g/mol. The minimum Gasteiger partial charge on any atom is -0.466 e. The van der Waals surface area contributed by atoms with Crippen LogP contribution in [-0.4, -0.2) is 29.9 Å². The van der Waals surface area contributed by atoms with Crippen LogP contribution in [0.1, 0.15) is 33.1 Å². The number of methoxy groups -OCH3 is 1. The fraction of sp³-hybridized carbons (Fsp3) is 0.538. The van der Waals surface area contributed by atoms with Gasteiger partial charge in [-0.3, -0.25) is 0 Å². The molecule has 0 spiro atoms. The molecule has 1 rings (SSSR count). The van der Waals surface area contributed by atoms with Crippen molar-refractivity contribution >= 4 is 11.9 Å². The Balaban J connectivity index is 0.000000360. The van der Waals surface area contributed by atoms with Crippen molar-refractivity contribution in [1.82, 2.24) is 0 Å². The number of hydrogen-bond acceptors (Lipinski definition) is 5. The van der Waals surface area contributed by atoms with Gasteiger partial charge in [0.1, 0.15) is 0 Å². The van der Waals surface area contributed by atoms with E-state index in [4.69, 9.17) is 4.74 Å². The van der Waals surface area contributed by atoms with E-state index in [0.29, 0.717) is 24.0 Å². The zero-order chi connectivity index (χ0) is 14.3.